The molecular weight excluding hydrogens is 270 g/mol. The minimum Gasteiger partial charge on any atom is -0.466 e. The number of hydrogen-bond donors (Lipinski definition) is 1. The van der Waals surface area contributed by atoms with Gasteiger partial charge in [-0.2, -0.15) is 0 Å². The fraction of sp³-hybridized carbons (Fsp3) is 0.688. The summed E-state index contributed by atoms with van der Waals surface area (Å²) in [7, 11) is 0. The van der Waals surface area contributed by atoms with E-state index in [9.17, 15) is 4.79 Å². The number of amides is 1. The summed E-state index contributed by atoms with van der Waals surface area (Å²) in [6.07, 6.45) is 5.46. The fourth-order valence-electron chi connectivity index (χ4n) is 3.23. The average Bonchev–Trinajstić information content (AvgIpc) is 3.01. The minimum atomic E-state index is -0.379. The minimum absolute atomic E-state index is 0.0552. The number of furan rings is 1. The van der Waals surface area contributed by atoms with Crippen molar-refractivity contribution < 1.29 is 18.7 Å². The maximum absolute atomic E-state index is 12.1. The average molecular weight is 293 g/mol. The monoisotopic (exact) mass is 293 g/mol. The second-order valence-electron chi connectivity index (χ2n) is 6.06. The third-order valence-electron chi connectivity index (χ3n) is 4.30. The maximum Gasteiger partial charge on any atom is 0.254 e. The van der Waals surface area contributed by atoms with E-state index in [1.165, 1.54) is 6.42 Å². The van der Waals surface area contributed by atoms with Gasteiger partial charge in [0.25, 0.3) is 5.91 Å². The summed E-state index contributed by atoms with van der Waals surface area (Å²) in [4.78, 5) is 12.1. The van der Waals surface area contributed by atoms with E-state index in [2.05, 4.69) is 5.32 Å². The summed E-state index contributed by atoms with van der Waals surface area (Å²) >= 11 is 0. The van der Waals surface area contributed by atoms with Gasteiger partial charge in [0.1, 0.15) is 17.6 Å². The molecule has 1 saturated carbocycles. The van der Waals surface area contributed by atoms with Gasteiger partial charge in [0.05, 0.1) is 12.2 Å². The predicted molar refractivity (Wildman–Crippen MR) is 77.2 cm³/mol. The molecule has 5 heteroatoms. The Hall–Kier alpha value is -1.33. The molecule has 1 unspecified atom stereocenters. The van der Waals surface area contributed by atoms with E-state index in [0.717, 1.165) is 31.4 Å². The van der Waals surface area contributed by atoms with Gasteiger partial charge in [-0.05, 0) is 32.8 Å². The first-order valence-corrected chi connectivity index (χ1v) is 7.75. The molecule has 1 amide bonds. The summed E-state index contributed by atoms with van der Waals surface area (Å²) in [5, 5.41) is 2.91. The Kier molecular flexibility index (Phi) is 4.04. The van der Waals surface area contributed by atoms with Crippen LogP contribution in [-0.4, -0.2) is 30.9 Å². The largest absolute Gasteiger partial charge is 0.466 e. The Morgan fingerprint density at radius 3 is 2.76 bits per heavy atom. The van der Waals surface area contributed by atoms with Crippen LogP contribution in [0.4, 0.5) is 0 Å². The first-order valence-electron chi connectivity index (χ1n) is 7.75. The standard InChI is InChI=1S/C16H23NO4/c1-11-8-14(12(2)20-11)15(18)17-9-13-10-19-16(21-13)6-4-3-5-7-16/h8,13H,3-7,9-10H2,1-2H3,(H,17,18). The number of ether oxygens (including phenoxy) is 2. The van der Waals surface area contributed by atoms with Crippen LogP contribution in [0, 0.1) is 13.8 Å². The lowest BCUT2D eigenvalue weighted by Crippen LogP contribution is -2.37. The highest BCUT2D eigenvalue weighted by atomic mass is 16.7. The Balaban J connectivity index is 1.52. The topological polar surface area (TPSA) is 60.7 Å². The van der Waals surface area contributed by atoms with Crippen molar-refractivity contribution in [1.29, 1.82) is 0 Å². The summed E-state index contributed by atoms with van der Waals surface area (Å²) in [6, 6.07) is 1.76. The number of aryl methyl sites for hydroxylation is 2. The van der Waals surface area contributed by atoms with Crippen molar-refractivity contribution in [1.82, 2.24) is 5.32 Å². The summed E-state index contributed by atoms with van der Waals surface area (Å²) < 4.78 is 17.3. The number of hydrogen-bond acceptors (Lipinski definition) is 4. The van der Waals surface area contributed by atoms with E-state index >= 15 is 0 Å². The number of carbonyl (C=O) groups excluding carboxylic acids is 1. The van der Waals surface area contributed by atoms with E-state index in [0.29, 0.717) is 24.5 Å². The van der Waals surface area contributed by atoms with Crippen molar-refractivity contribution in [3.8, 4) is 0 Å². The molecule has 2 heterocycles. The third kappa shape index (κ3) is 3.14. The highest BCUT2D eigenvalue weighted by Gasteiger charge is 2.42. The molecular formula is C16H23NO4. The van der Waals surface area contributed by atoms with Crippen molar-refractivity contribution >= 4 is 5.91 Å². The first-order chi connectivity index (χ1) is 10.1. The van der Waals surface area contributed by atoms with Crippen molar-refractivity contribution in [3.05, 3.63) is 23.2 Å². The van der Waals surface area contributed by atoms with Gasteiger partial charge in [0.15, 0.2) is 5.79 Å². The Morgan fingerprint density at radius 2 is 2.10 bits per heavy atom. The van der Waals surface area contributed by atoms with Gasteiger partial charge in [-0.25, -0.2) is 0 Å². The Labute approximate surface area is 125 Å². The lowest BCUT2D eigenvalue weighted by Gasteiger charge is -2.31. The van der Waals surface area contributed by atoms with Gasteiger partial charge in [-0.15, -0.1) is 0 Å². The van der Waals surface area contributed by atoms with Gasteiger partial charge in [0.2, 0.25) is 0 Å². The van der Waals surface area contributed by atoms with E-state index in [1.807, 2.05) is 6.92 Å². The second-order valence-corrected chi connectivity index (χ2v) is 6.06. The van der Waals surface area contributed by atoms with Gasteiger partial charge in [0, 0.05) is 19.4 Å². The molecule has 1 aromatic rings. The molecule has 0 bridgehead atoms. The first kappa shape index (κ1) is 14.6. The summed E-state index contributed by atoms with van der Waals surface area (Å²) in [6.45, 7) is 4.67. The summed E-state index contributed by atoms with van der Waals surface area (Å²) in [5.74, 6) is 0.907. The SMILES string of the molecule is Cc1cc(C(=O)NCC2COC3(CCCCC3)O2)c(C)o1. The van der Waals surface area contributed by atoms with E-state index < -0.39 is 0 Å². The van der Waals surface area contributed by atoms with Crippen LogP contribution in [0.25, 0.3) is 0 Å². The lowest BCUT2D eigenvalue weighted by molar-refractivity contribution is -0.186. The van der Waals surface area contributed by atoms with Crippen molar-refractivity contribution in [3.63, 3.8) is 0 Å². The normalized spacial score (nSPS) is 24.4. The second kappa shape index (κ2) is 5.81. The predicted octanol–water partition coefficient (Wildman–Crippen LogP) is 2.70. The Bertz CT molecular complexity index is 516. The van der Waals surface area contributed by atoms with Crippen molar-refractivity contribution in [2.75, 3.05) is 13.2 Å². The van der Waals surface area contributed by atoms with Crippen LogP contribution >= 0.6 is 0 Å². The quantitative estimate of drug-likeness (QED) is 0.931. The molecule has 1 aliphatic heterocycles. The molecule has 21 heavy (non-hydrogen) atoms. The number of carbonyl (C=O) groups is 1. The van der Waals surface area contributed by atoms with Gasteiger partial charge in [-0.1, -0.05) is 6.42 Å². The molecule has 1 spiro atoms. The zero-order valence-corrected chi connectivity index (χ0v) is 12.7. The highest BCUT2D eigenvalue weighted by molar-refractivity contribution is 5.95. The van der Waals surface area contributed by atoms with Crippen LogP contribution in [-0.2, 0) is 9.47 Å². The lowest BCUT2D eigenvalue weighted by atomic mass is 9.94. The molecule has 1 saturated heterocycles. The molecule has 2 aliphatic rings. The number of rotatable bonds is 3. The zero-order chi connectivity index (χ0) is 14.9. The van der Waals surface area contributed by atoms with Crippen LogP contribution in [0.2, 0.25) is 0 Å². The molecule has 1 N–H and O–H groups in total. The third-order valence-corrected chi connectivity index (χ3v) is 4.30. The van der Waals surface area contributed by atoms with Crippen LogP contribution in [0.1, 0.15) is 54.0 Å². The van der Waals surface area contributed by atoms with Gasteiger partial charge in [-0.3, -0.25) is 4.79 Å². The van der Waals surface area contributed by atoms with Crippen LogP contribution < -0.4 is 5.32 Å². The van der Waals surface area contributed by atoms with E-state index in [-0.39, 0.29) is 17.8 Å². The van der Waals surface area contributed by atoms with Crippen LogP contribution in [0.15, 0.2) is 10.5 Å². The van der Waals surface area contributed by atoms with Gasteiger partial charge >= 0.3 is 0 Å². The van der Waals surface area contributed by atoms with Crippen LogP contribution in [0.5, 0.6) is 0 Å². The molecule has 116 valence electrons. The summed E-state index contributed by atoms with van der Waals surface area (Å²) in [5.41, 5.74) is 0.596. The molecule has 1 aliphatic carbocycles. The zero-order valence-electron chi connectivity index (χ0n) is 12.7. The Morgan fingerprint density at radius 1 is 1.33 bits per heavy atom. The van der Waals surface area contributed by atoms with Crippen LogP contribution in [0.3, 0.4) is 0 Å². The highest BCUT2D eigenvalue weighted by Crippen LogP contribution is 2.37. The maximum atomic E-state index is 12.1. The number of nitrogens with one attached hydrogen (secondary N) is 1. The van der Waals surface area contributed by atoms with E-state index in [1.54, 1.807) is 13.0 Å². The molecule has 3 rings (SSSR count). The van der Waals surface area contributed by atoms with Gasteiger partial charge < -0.3 is 19.2 Å². The molecule has 0 aromatic carbocycles. The van der Waals surface area contributed by atoms with E-state index in [4.69, 9.17) is 13.9 Å². The smallest absolute Gasteiger partial charge is 0.254 e. The molecule has 2 fully saturated rings. The molecule has 1 atom stereocenters. The van der Waals surface area contributed by atoms with Crippen molar-refractivity contribution in [2.45, 2.75) is 57.8 Å². The fourth-order valence-corrected chi connectivity index (χ4v) is 3.23. The molecule has 1 aromatic heterocycles. The van der Waals surface area contributed by atoms with Crippen molar-refractivity contribution in [2.24, 2.45) is 0 Å². The molecule has 0 radical (unpaired) electrons. The molecule has 5 nitrogen and oxygen atoms in total.